The number of nitrogens with one attached hydrogen (secondary N) is 2. The second kappa shape index (κ2) is 7.99. The zero-order valence-corrected chi connectivity index (χ0v) is 13.8. The molecule has 1 aromatic carbocycles. The van der Waals surface area contributed by atoms with Crippen LogP contribution < -0.4 is 10.1 Å². The number of benzene rings is 1. The molecule has 126 valence electrons. The predicted molar refractivity (Wildman–Crippen MR) is 88.7 cm³/mol. The number of H-pyrrole nitrogens is 1. The maximum Gasteiger partial charge on any atom is 0.310 e. The van der Waals surface area contributed by atoms with Gasteiger partial charge >= 0.3 is 5.97 Å². The van der Waals surface area contributed by atoms with Crippen LogP contribution in [-0.2, 0) is 16.0 Å². The Morgan fingerprint density at radius 1 is 1.39 bits per heavy atom. The minimum absolute atomic E-state index is 0.175. The molecule has 23 heavy (non-hydrogen) atoms. The van der Waals surface area contributed by atoms with Gasteiger partial charge in [-0.15, -0.1) is 0 Å². The Kier molecular flexibility index (Phi) is 6.01. The number of aromatic amines is 1. The van der Waals surface area contributed by atoms with E-state index in [4.69, 9.17) is 9.47 Å². The van der Waals surface area contributed by atoms with Gasteiger partial charge in [0.15, 0.2) is 0 Å². The molecule has 0 radical (unpaired) electrons. The third kappa shape index (κ3) is 4.71. The van der Waals surface area contributed by atoms with Crippen molar-refractivity contribution in [1.82, 2.24) is 10.3 Å². The van der Waals surface area contributed by atoms with Crippen LogP contribution in [0.25, 0.3) is 10.9 Å². The molecule has 1 heterocycles. The molecule has 0 bridgehead atoms. The Labute approximate surface area is 135 Å². The van der Waals surface area contributed by atoms with Crippen LogP contribution in [0.15, 0.2) is 24.4 Å². The summed E-state index contributed by atoms with van der Waals surface area (Å²) in [5.41, 5.74) is 1.70. The zero-order valence-electron chi connectivity index (χ0n) is 13.8. The normalized spacial score (nSPS) is 12.6. The van der Waals surface area contributed by atoms with Crippen molar-refractivity contribution in [3.8, 4) is 5.75 Å². The van der Waals surface area contributed by atoms with Crippen molar-refractivity contribution in [3.05, 3.63) is 30.0 Å². The number of carbonyl (C=O) groups is 1. The van der Waals surface area contributed by atoms with Crippen molar-refractivity contribution in [2.75, 3.05) is 20.3 Å². The summed E-state index contributed by atoms with van der Waals surface area (Å²) in [4.78, 5) is 14.6. The van der Waals surface area contributed by atoms with Gasteiger partial charge in [0.25, 0.3) is 0 Å². The lowest BCUT2D eigenvalue weighted by Crippen LogP contribution is -2.35. The number of fused-ring (bicyclic) bond motifs is 1. The monoisotopic (exact) mass is 320 g/mol. The number of aliphatic hydroxyl groups excluding tert-OH is 1. The third-order valence-corrected chi connectivity index (χ3v) is 3.50. The third-order valence-electron chi connectivity index (χ3n) is 3.50. The van der Waals surface area contributed by atoms with Crippen LogP contribution in [0.1, 0.15) is 19.4 Å². The van der Waals surface area contributed by atoms with Gasteiger partial charge in [-0.25, -0.2) is 0 Å². The van der Waals surface area contributed by atoms with E-state index in [1.807, 2.05) is 32.0 Å². The van der Waals surface area contributed by atoms with Crippen LogP contribution in [0.5, 0.6) is 5.75 Å². The quantitative estimate of drug-likeness (QED) is 0.644. The molecule has 0 aliphatic carbocycles. The first-order chi connectivity index (χ1) is 11.0. The van der Waals surface area contributed by atoms with Crippen molar-refractivity contribution < 1.29 is 19.4 Å². The highest BCUT2D eigenvalue weighted by molar-refractivity contribution is 5.92. The number of methoxy groups -OCH3 is 1. The summed E-state index contributed by atoms with van der Waals surface area (Å²) in [6.07, 6.45) is 1.36. The number of carbonyl (C=O) groups excluding carboxylic acids is 1. The number of esters is 1. The number of rotatable bonds is 8. The van der Waals surface area contributed by atoms with Crippen molar-refractivity contribution in [1.29, 1.82) is 0 Å². The summed E-state index contributed by atoms with van der Waals surface area (Å²) in [5.74, 6) is 0.341. The van der Waals surface area contributed by atoms with E-state index in [2.05, 4.69) is 10.3 Å². The van der Waals surface area contributed by atoms with E-state index >= 15 is 0 Å². The predicted octanol–water partition coefficient (Wildman–Crippen LogP) is 1.62. The molecule has 0 spiro atoms. The summed E-state index contributed by atoms with van der Waals surface area (Å²) < 4.78 is 10.5. The molecule has 0 aliphatic heterocycles. The fourth-order valence-electron chi connectivity index (χ4n) is 2.32. The molecule has 0 fully saturated rings. The van der Waals surface area contributed by atoms with Gasteiger partial charge in [0.1, 0.15) is 18.5 Å². The molecule has 1 atom stereocenters. The van der Waals surface area contributed by atoms with Crippen molar-refractivity contribution in [2.45, 2.75) is 32.4 Å². The Bertz CT molecular complexity index is 651. The number of hydrogen-bond acceptors (Lipinski definition) is 5. The first-order valence-corrected chi connectivity index (χ1v) is 7.71. The molecule has 6 heteroatoms. The van der Waals surface area contributed by atoms with Gasteiger partial charge in [0.05, 0.1) is 13.5 Å². The molecule has 0 amide bonds. The highest BCUT2D eigenvalue weighted by atomic mass is 16.5. The van der Waals surface area contributed by atoms with E-state index in [1.54, 1.807) is 6.20 Å². The molecular weight excluding hydrogens is 296 g/mol. The lowest BCUT2D eigenvalue weighted by molar-refractivity contribution is -0.139. The van der Waals surface area contributed by atoms with E-state index in [-0.39, 0.29) is 19.0 Å². The number of aliphatic hydroxyl groups is 1. The standard InChI is InChI=1S/C17H24N2O4/c1-11(2)18-9-13(20)10-23-15-6-4-5-14-17(15)12(8-19-14)7-16(21)22-3/h4-6,8,11,13,18-20H,7,9-10H2,1-3H3/t13-/m0/s1. The van der Waals surface area contributed by atoms with E-state index in [0.717, 1.165) is 16.5 Å². The minimum Gasteiger partial charge on any atom is -0.490 e. The van der Waals surface area contributed by atoms with Crippen LogP contribution in [0, 0.1) is 0 Å². The molecule has 0 saturated carbocycles. The van der Waals surface area contributed by atoms with Gasteiger partial charge in [0, 0.05) is 29.7 Å². The molecule has 6 nitrogen and oxygen atoms in total. The lowest BCUT2D eigenvalue weighted by Gasteiger charge is -2.15. The highest BCUT2D eigenvalue weighted by Gasteiger charge is 2.14. The average molecular weight is 320 g/mol. The number of hydrogen-bond donors (Lipinski definition) is 3. The van der Waals surface area contributed by atoms with Crippen LogP contribution in [-0.4, -0.2) is 48.5 Å². The molecular formula is C17H24N2O4. The Morgan fingerprint density at radius 2 is 2.17 bits per heavy atom. The van der Waals surface area contributed by atoms with Crippen molar-refractivity contribution in [2.24, 2.45) is 0 Å². The van der Waals surface area contributed by atoms with Crippen LogP contribution in [0.4, 0.5) is 0 Å². The summed E-state index contributed by atoms with van der Waals surface area (Å²) in [5, 5.41) is 14.0. The van der Waals surface area contributed by atoms with Gasteiger partial charge in [-0.2, -0.15) is 0 Å². The van der Waals surface area contributed by atoms with Crippen LogP contribution in [0.3, 0.4) is 0 Å². The summed E-state index contributed by atoms with van der Waals surface area (Å²) >= 11 is 0. The fourth-order valence-corrected chi connectivity index (χ4v) is 2.32. The first-order valence-electron chi connectivity index (χ1n) is 7.71. The van der Waals surface area contributed by atoms with Crippen molar-refractivity contribution in [3.63, 3.8) is 0 Å². The fraction of sp³-hybridized carbons (Fsp3) is 0.471. The molecule has 1 aromatic heterocycles. The zero-order chi connectivity index (χ0) is 16.8. The average Bonchev–Trinajstić information content (AvgIpc) is 2.94. The maximum atomic E-state index is 11.5. The second-order valence-corrected chi connectivity index (χ2v) is 5.77. The van der Waals surface area contributed by atoms with E-state index in [9.17, 15) is 9.90 Å². The molecule has 2 rings (SSSR count). The largest absolute Gasteiger partial charge is 0.490 e. The summed E-state index contributed by atoms with van der Waals surface area (Å²) in [6.45, 7) is 4.69. The Hall–Kier alpha value is -2.05. The molecule has 2 aromatic rings. The summed E-state index contributed by atoms with van der Waals surface area (Å²) in [6, 6.07) is 5.93. The molecule has 0 saturated heterocycles. The first kappa shape index (κ1) is 17.3. The Morgan fingerprint density at radius 3 is 2.87 bits per heavy atom. The minimum atomic E-state index is -0.601. The van der Waals surface area contributed by atoms with Crippen LogP contribution in [0.2, 0.25) is 0 Å². The molecule has 3 N–H and O–H groups in total. The van der Waals surface area contributed by atoms with Gasteiger partial charge < -0.3 is 24.9 Å². The summed E-state index contributed by atoms with van der Waals surface area (Å²) in [7, 11) is 1.37. The van der Waals surface area contributed by atoms with E-state index in [1.165, 1.54) is 7.11 Å². The van der Waals surface area contributed by atoms with Gasteiger partial charge in [0.2, 0.25) is 0 Å². The maximum absolute atomic E-state index is 11.5. The highest BCUT2D eigenvalue weighted by Crippen LogP contribution is 2.29. The SMILES string of the molecule is COC(=O)Cc1c[nH]c2cccc(OC[C@@H](O)CNC(C)C)c12. The van der Waals surface area contributed by atoms with Gasteiger partial charge in [-0.05, 0) is 17.7 Å². The number of aromatic nitrogens is 1. The number of ether oxygens (including phenoxy) is 2. The second-order valence-electron chi connectivity index (χ2n) is 5.77. The molecule has 0 aliphatic rings. The lowest BCUT2D eigenvalue weighted by atomic mass is 10.1. The van der Waals surface area contributed by atoms with E-state index in [0.29, 0.717) is 18.3 Å². The van der Waals surface area contributed by atoms with Crippen LogP contribution >= 0.6 is 0 Å². The Balaban J connectivity index is 2.10. The van der Waals surface area contributed by atoms with Crippen molar-refractivity contribution >= 4 is 16.9 Å². The topological polar surface area (TPSA) is 83.6 Å². The van der Waals surface area contributed by atoms with Gasteiger partial charge in [-0.1, -0.05) is 19.9 Å². The molecule has 0 unspecified atom stereocenters. The van der Waals surface area contributed by atoms with Gasteiger partial charge in [-0.3, -0.25) is 4.79 Å². The van der Waals surface area contributed by atoms with E-state index < -0.39 is 6.10 Å². The smallest absolute Gasteiger partial charge is 0.310 e.